The summed E-state index contributed by atoms with van der Waals surface area (Å²) in [6, 6.07) is 6.32. The summed E-state index contributed by atoms with van der Waals surface area (Å²) in [6.45, 7) is 3.74. The number of rotatable bonds is 5. The molecular formula is C16H18N2O4S. The van der Waals surface area contributed by atoms with Gasteiger partial charge in [0.25, 0.3) is 0 Å². The van der Waals surface area contributed by atoms with E-state index in [1.807, 2.05) is 12.3 Å². The van der Waals surface area contributed by atoms with E-state index in [-0.39, 0.29) is 11.7 Å². The predicted molar refractivity (Wildman–Crippen MR) is 86.0 cm³/mol. The number of hydrogen-bond donors (Lipinski definition) is 2. The number of carboxylic acid groups (broad SMARTS) is 1. The number of β-amino-alcohol motifs (C(OH)–C–C–N with tert-alkyl or cyclic N) is 1. The smallest absolute Gasteiger partial charge is 0.335 e. The van der Waals surface area contributed by atoms with E-state index in [9.17, 15) is 9.90 Å². The second-order valence-electron chi connectivity index (χ2n) is 5.61. The fourth-order valence-electron chi connectivity index (χ4n) is 2.66. The second kappa shape index (κ2) is 6.66. The van der Waals surface area contributed by atoms with Crippen LogP contribution in [0, 0.1) is 6.92 Å². The molecule has 2 atom stereocenters. The first-order valence-electron chi connectivity index (χ1n) is 7.32. The predicted octanol–water partition coefficient (Wildman–Crippen LogP) is 1.77. The lowest BCUT2D eigenvalue weighted by Crippen LogP contribution is -2.30. The number of carboxylic acids is 1. The molecule has 1 aliphatic rings. The van der Waals surface area contributed by atoms with Gasteiger partial charge in [-0.25, -0.2) is 9.78 Å². The Morgan fingerprint density at radius 2 is 2.30 bits per heavy atom. The van der Waals surface area contributed by atoms with E-state index >= 15 is 0 Å². The molecule has 1 aromatic heterocycles. The third-order valence-corrected chi connectivity index (χ3v) is 4.56. The molecule has 7 heteroatoms. The maximum Gasteiger partial charge on any atom is 0.335 e. The topological polar surface area (TPSA) is 82.9 Å². The van der Waals surface area contributed by atoms with Gasteiger partial charge in [-0.05, 0) is 25.1 Å². The van der Waals surface area contributed by atoms with E-state index in [1.54, 1.807) is 23.5 Å². The van der Waals surface area contributed by atoms with Crippen molar-refractivity contribution in [3.8, 4) is 5.75 Å². The molecule has 1 aromatic carbocycles. The van der Waals surface area contributed by atoms with Gasteiger partial charge in [-0.15, -0.1) is 11.3 Å². The van der Waals surface area contributed by atoms with Crippen LogP contribution in [0.3, 0.4) is 0 Å². The van der Waals surface area contributed by atoms with Crippen LogP contribution in [0.15, 0.2) is 29.6 Å². The number of thiazole rings is 1. The summed E-state index contributed by atoms with van der Waals surface area (Å²) in [5.74, 6) is -0.539. The molecule has 0 radical (unpaired) electrons. The van der Waals surface area contributed by atoms with Crippen LogP contribution in [0.4, 0.5) is 0 Å². The number of aromatic nitrogens is 1. The minimum atomic E-state index is -0.997. The van der Waals surface area contributed by atoms with Crippen LogP contribution in [0.1, 0.15) is 21.1 Å². The summed E-state index contributed by atoms with van der Waals surface area (Å²) >= 11 is 1.61. The summed E-state index contributed by atoms with van der Waals surface area (Å²) in [4.78, 5) is 17.5. The fourth-order valence-corrected chi connectivity index (χ4v) is 3.27. The van der Waals surface area contributed by atoms with Crippen molar-refractivity contribution in [2.75, 3.05) is 13.1 Å². The van der Waals surface area contributed by atoms with Crippen LogP contribution in [-0.2, 0) is 6.54 Å². The quantitative estimate of drug-likeness (QED) is 0.867. The van der Waals surface area contributed by atoms with E-state index in [1.165, 1.54) is 12.1 Å². The van der Waals surface area contributed by atoms with Gasteiger partial charge in [0.2, 0.25) is 0 Å². The largest absolute Gasteiger partial charge is 0.486 e. The molecule has 0 aliphatic carbocycles. The lowest BCUT2D eigenvalue weighted by molar-refractivity contribution is 0.0688. The van der Waals surface area contributed by atoms with Gasteiger partial charge < -0.3 is 14.9 Å². The Kier molecular flexibility index (Phi) is 4.61. The number of likely N-dealkylation sites (tertiary alicyclic amines) is 1. The van der Waals surface area contributed by atoms with Crippen LogP contribution in [-0.4, -0.2) is 51.4 Å². The van der Waals surface area contributed by atoms with Crippen molar-refractivity contribution in [3.05, 3.63) is 45.9 Å². The molecule has 6 nitrogen and oxygen atoms in total. The average molecular weight is 334 g/mol. The molecule has 1 aliphatic heterocycles. The number of ether oxygens (including phenoxy) is 1. The first kappa shape index (κ1) is 15.9. The fraction of sp³-hybridized carbons (Fsp3) is 0.375. The summed E-state index contributed by atoms with van der Waals surface area (Å²) in [6.07, 6.45) is -0.984. The first-order valence-corrected chi connectivity index (χ1v) is 8.20. The Morgan fingerprint density at radius 1 is 1.48 bits per heavy atom. The molecule has 2 aromatic rings. The highest BCUT2D eigenvalue weighted by atomic mass is 32.1. The molecule has 2 N–H and O–H groups in total. The molecular weight excluding hydrogens is 316 g/mol. The van der Waals surface area contributed by atoms with Crippen LogP contribution in [0.25, 0.3) is 0 Å². The summed E-state index contributed by atoms with van der Waals surface area (Å²) in [5, 5.41) is 22.2. The van der Waals surface area contributed by atoms with E-state index in [0.717, 1.165) is 10.7 Å². The lowest BCUT2D eigenvalue weighted by atomic mass is 10.2. The minimum Gasteiger partial charge on any atom is -0.486 e. The van der Waals surface area contributed by atoms with Crippen LogP contribution in [0.5, 0.6) is 5.75 Å². The maximum atomic E-state index is 11.0. The highest BCUT2D eigenvalue weighted by Crippen LogP contribution is 2.22. The molecule has 0 saturated carbocycles. The molecule has 0 bridgehead atoms. The van der Waals surface area contributed by atoms with Gasteiger partial charge in [-0.1, -0.05) is 6.07 Å². The summed E-state index contributed by atoms with van der Waals surface area (Å²) in [7, 11) is 0. The zero-order valence-electron chi connectivity index (χ0n) is 12.7. The number of carbonyl (C=O) groups is 1. The van der Waals surface area contributed by atoms with Gasteiger partial charge in [0.15, 0.2) is 0 Å². The summed E-state index contributed by atoms with van der Waals surface area (Å²) in [5.41, 5.74) is 1.16. The molecule has 0 amide bonds. The second-order valence-corrected chi connectivity index (χ2v) is 6.67. The SMILES string of the molecule is Cc1nc(CN2C[C@@H](O)[C@H](Oc3cccc(C(=O)O)c3)C2)cs1. The molecule has 1 fully saturated rings. The van der Waals surface area contributed by atoms with Crippen molar-refractivity contribution < 1.29 is 19.7 Å². The Balaban J connectivity index is 1.62. The average Bonchev–Trinajstić information content (AvgIpc) is 3.06. The third kappa shape index (κ3) is 3.87. The van der Waals surface area contributed by atoms with E-state index in [2.05, 4.69) is 9.88 Å². The Bertz CT molecular complexity index is 703. The number of aliphatic hydroxyl groups excluding tert-OH is 1. The normalized spacial score (nSPS) is 21.5. The minimum absolute atomic E-state index is 0.171. The Hall–Kier alpha value is -1.96. The third-order valence-electron chi connectivity index (χ3n) is 3.73. The van der Waals surface area contributed by atoms with Gasteiger partial charge in [0.1, 0.15) is 18.0 Å². The monoisotopic (exact) mass is 334 g/mol. The van der Waals surface area contributed by atoms with Crippen LogP contribution in [0.2, 0.25) is 0 Å². The van der Waals surface area contributed by atoms with Gasteiger partial charge in [0, 0.05) is 25.0 Å². The molecule has 2 heterocycles. The van der Waals surface area contributed by atoms with E-state index in [4.69, 9.17) is 9.84 Å². The van der Waals surface area contributed by atoms with Gasteiger partial charge in [0.05, 0.1) is 16.3 Å². The van der Waals surface area contributed by atoms with Gasteiger partial charge >= 0.3 is 5.97 Å². The number of aromatic carboxylic acids is 1. The van der Waals surface area contributed by atoms with Crippen molar-refractivity contribution in [2.45, 2.75) is 25.7 Å². The summed E-state index contributed by atoms with van der Waals surface area (Å²) < 4.78 is 5.78. The number of hydrogen-bond acceptors (Lipinski definition) is 6. The Morgan fingerprint density at radius 3 is 3.00 bits per heavy atom. The van der Waals surface area contributed by atoms with E-state index < -0.39 is 12.1 Å². The van der Waals surface area contributed by atoms with Gasteiger partial charge in [-0.2, -0.15) is 0 Å². The van der Waals surface area contributed by atoms with Crippen molar-refractivity contribution in [3.63, 3.8) is 0 Å². The van der Waals surface area contributed by atoms with Crippen molar-refractivity contribution in [1.29, 1.82) is 0 Å². The lowest BCUT2D eigenvalue weighted by Gasteiger charge is -2.17. The number of aryl methyl sites for hydroxylation is 1. The highest BCUT2D eigenvalue weighted by molar-refractivity contribution is 7.09. The Labute approximate surface area is 138 Å². The standard InChI is InChI=1S/C16H18N2O4S/c1-10-17-12(9-23-10)6-18-7-14(19)15(8-18)22-13-4-2-3-11(5-13)16(20)21/h2-5,9,14-15,19H,6-8H2,1H3,(H,20,21)/t14-,15-/m1/s1. The first-order chi connectivity index (χ1) is 11.0. The van der Waals surface area contributed by atoms with E-state index in [0.29, 0.717) is 25.4 Å². The van der Waals surface area contributed by atoms with Crippen molar-refractivity contribution in [1.82, 2.24) is 9.88 Å². The van der Waals surface area contributed by atoms with Gasteiger partial charge in [-0.3, -0.25) is 4.90 Å². The van der Waals surface area contributed by atoms with Crippen molar-refractivity contribution >= 4 is 17.3 Å². The zero-order chi connectivity index (χ0) is 16.4. The highest BCUT2D eigenvalue weighted by Gasteiger charge is 2.33. The molecule has 122 valence electrons. The molecule has 3 rings (SSSR count). The molecule has 1 saturated heterocycles. The van der Waals surface area contributed by atoms with Crippen LogP contribution >= 0.6 is 11.3 Å². The maximum absolute atomic E-state index is 11.0. The number of aliphatic hydroxyl groups is 1. The van der Waals surface area contributed by atoms with Crippen LogP contribution < -0.4 is 4.74 Å². The van der Waals surface area contributed by atoms with Crippen molar-refractivity contribution in [2.24, 2.45) is 0 Å². The molecule has 23 heavy (non-hydrogen) atoms. The molecule has 0 unspecified atom stereocenters. The number of benzene rings is 1. The molecule has 0 spiro atoms. The zero-order valence-corrected chi connectivity index (χ0v) is 13.5. The number of nitrogens with zero attached hydrogens (tertiary/aromatic N) is 2.